The lowest BCUT2D eigenvalue weighted by Crippen LogP contribution is -2.50. The summed E-state index contributed by atoms with van der Waals surface area (Å²) in [6, 6.07) is 11.5. The lowest BCUT2D eigenvalue weighted by atomic mass is 10.0. The summed E-state index contributed by atoms with van der Waals surface area (Å²) in [4.78, 5) is 33.2. The van der Waals surface area contributed by atoms with Crippen molar-refractivity contribution < 1.29 is 40.9 Å². The summed E-state index contributed by atoms with van der Waals surface area (Å²) < 4.78 is 58.9. The number of alkyl carbamates (subject to hydrolysis) is 1. The van der Waals surface area contributed by atoms with Crippen LogP contribution in [0, 0.1) is 11.7 Å². The number of ether oxygens (including phenoxy) is 3. The van der Waals surface area contributed by atoms with Gasteiger partial charge in [0.05, 0.1) is 49.4 Å². The first kappa shape index (κ1) is 39.2. The first-order chi connectivity index (χ1) is 25.7. The van der Waals surface area contributed by atoms with Crippen LogP contribution in [0.15, 0.2) is 72.6 Å². The van der Waals surface area contributed by atoms with Gasteiger partial charge in [0.15, 0.2) is 0 Å². The van der Waals surface area contributed by atoms with Crippen LogP contribution in [-0.2, 0) is 24.3 Å². The average Bonchev–Trinajstić information content (AvgIpc) is 3.66. The van der Waals surface area contributed by atoms with E-state index in [1.54, 1.807) is 6.07 Å². The molecule has 0 spiro atoms. The van der Waals surface area contributed by atoms with Crippen LogP contribution in [-0.4, -0.2) is 85.8 Å². The van der Waals surface area contributed by atoms with Crippen molar-refractivity contribution >= 4 is 43.7 Å². The molecule has 2 aromatic carbocycles. The van der Waals surface area contributed by atoms with Crippen LogP contribution in [0.5, 0.6) is 5.88 Å². The third-order valence-corrected chi connectivity index (χ3v) is 10.6. The molecule has 3 aromatic rings. The van der Waals surface area contributed by atoms with E-state index in [0.717, 1.165) is 48.1 Å². The summed E-state index contributed by atoms with van der Waals surface area (Å²) in [7, 11) is -3.77. The maximum atomic E-state index is 14.3. The fraction of sp³-hybridized carbons (Fsp3) is 0.500. The third kappa shape index (κ3) is 9.41. The summed E-state index contributed by atoms with van der Waals surface area (Å²) in [5.74, 6) is -0.811. The molecule has 2 unspecified atom stereocenters. The smallest absolute Gasteiger partial charge is 0.408 e. The van der Waals surface area contributed by atoms with E-state index in [1.807, 2.05) is 57.2 Å². The predicted molar refractivity (Wildman–Crippen MR) is 211 cm³/mol. The number of fused-ring (bicyclic) bond motifs is 5. The number of nitrogens with zero attached hydrogens (tertiary/aromatic N) is 2. The van der Waals surface area contributed by atoms with Crippen molar-refractivity contribution in [3.63, 3.8) is 0 Å². The molecular weight excluding hydrogens is 714 g/mol. The van der Waals surface area contributed by atoms with Crippen molar-refractivity contribution in [3.8, 4) is 5.88 Å². The van der Waals surface area contributed by atoms with Crippen molar-refractivity contribution in [1.29, 1.82) is 0 Å². The number of pyridine rings is 1. The van der Waals surface area contributed by atoms with E-state index in [2.05, 4.69) is 32.6 Å². The number of hydrogen-bond acceptors (Lipinski definition) is 10. The number of rotatable bonds is 5. The molecule has 6 rings (SSSR count). The molecular formula is C40H56FN5O7S. The summed E-state index contributed by atoms with van der Waals surface area (Å²) in [5.41, 5.74) is 2.47. The molecule has 14 heteroatoms. The highest BCUT2D eigenvalue weighted by atomic mass is 32.2. The van der Waals surface area contributed by atoms with E-state index in [4.69, 9.17) is 19.2 Å². The zero-order valence-electron chi connectivity index (χ0n) is 31.3. The van der Waals surface area contributed by atoms with Crippen LogP contribution in [0.2, 0.25) is 0 Å². The molecule has 2 aliphatic heterocycles. The van der Waals surface area contributed by atoms with E-state index in [1.165, 1.54) is 12.1 Å². The topological polar surface area (TPSA) is 148 Å². The van der Waals surface area contributed by atoms with E-state index in [-0.39, 0.29) is 29.6 Å². The molecule has 12 nitrogen and oxygen atoms in total. The van der Waals surface area contributed by atoms with Gasteiger partial charge in [-0.15, -0.1) is 5.73 Å². The summed E-state index contributed by atoms with van der Waals surface area (Å²) in [5, 5.41) is 8.76. The van der Waals surface area contributed by atoms with Gasteiger partial charge >= 0.3 is 6.09 Å². The Balaban J connectivity index is 0.00000290. The van der Waals surface area contributed by atoms with Crippen LogP contribution >= 0.6 is 0 Å². The monoisotopic (exact) mass is 769 g/mol. The Hall–Kier alpha value is -4.49. The molecule has 54 heavy (non-hydrogen) atoms. The predicted octanol–water partition coefficient (Wildman–Crippen LogP) is 6.57. The molecule has 2 fully saturated rings. The van der Waals surface area contributed by atoms with E-state index in [0.29, 0.717) is 42.9 Å². The fourth-order valence-electron chi connectivity index (χ4n) is 7.46. The highest BCUT2D eigenvalue weighted by Crippen LogP contribution is 2.45. The fourth-order valence-corrected chi connectivity index (χ4v) is 7.98. The number of sulfonamides is 1. The number of aromatic nitrogens is 1. The Kier molecular flexibility index (Phi) is 11.7. The Bertz CT molecular complexity index is 2100. The molecule has 1 saturated carbocycles. The van der Waals surface area contributed by atoms with E-state index < -0.39 is 51.1 Å². The second kappa shape index (κ2) is 16.1. The first-order valence-electron chi connectivity index (χ1n) is 18.5. The van der Waals surface area contributed by atoms with Crippen molar-refractivity contribution in [2.24, 2.45) is 5.92 Å². The van der Waals surface area contributed by atoms with Gasteiger partial charge in [0, 0.05) is 33.5 Å². The average molecular weight is 770 g/mol. The van der Waals surface area contributed by atoms with Gasteiger partial charge in [-0.05, 0) is 70.0 Å². The number of allylic oxidation sites excluding steroid dienone is 1. The van der Waals surface area contributed by atoms with Crippen molar-refractivity contribution in [3.05, 3.63) is 78.4 Å². The molecule has 3 N–H and O–H groups in total. The zero-order chi connectivity index (χ0) is 38.7. The summed E-state index contributed by atoms with van der Waals surface area (Å²) in [6.45, 7) is 10.0. The molecule has 5 atom stereocenters. The van der Waals surface area contributed by atoms with Crippen molar-refractivity contribution in [2.45, 2.75) is 95.0 Å². The third-order valence-electron chi connectivity index (χ3n) is 10.0. The molecule has 3 heterocycles. The van der Waals surface area contributed by atoms with Gasteiger partial charge in [0.2, 0.25) is 15.9 Å². The van der Waals surface area contributed by atoms with Gasteiger partial charge in [0.25, 0.3) is 5.91 Å². The second-order valence-electron chi connectivity index (χ2n) is 15.4. The summed E-state index contributed by atoms with van der Waals surface area (Å²) in [6.07, 6.45) is 8.90. The Morgan fingerprint density at radius 2 is 1.93 bits per heavy atom. The number of benzene rings is 2. The van der Waals surface area contributed by atoms with Crippen LogP contribution in [0.4, 0.5) is 9.18 Å². The van der Waals surface area contributed by atoms with Crippen molar-refractivity contribution in [1.82, 2.24) is 25.2 Å². The number of nitrogens with one attached hydrogen (secondary N) is 3. The Morgan fingerprint density at radius 3 is 2.67 bits per heavy atom. The first-order valence-corrected chi connectivity index (χ1v) is 20.4. The largest absolute Gasteiger partial charge is 0.472 e. The summed E-state index contributed by atoms with van der Waals surface area (Å²) >= 11 is 0. The molecule has 1 saturated heterocycles. The number of amides is 2. The van der Waals surface area contributed by atoms with Crippen LogP contribution in [0.1, 0.15) is 70.0 Å². The number of halogens is 1. The van der Waals surface area contributed by atoms with E-state index in [9.17, 15) is 22.4 Å². The minimum Gasteiger partial charge on any atom is -0.472 e. The molecule has 0 bridgehead atoms. The van der Waals surface area contributed by atoms with Gasteiger partial charge in [-0.1, -0.05) is 49.8 Å². The SMILES string of the molecule is C=C=C1[C@@H](NC(=O)OC(C)(C)C)CCCCC/C=C\[C@@H]2CC2(C(=O)NS(C)(=O)=O)NCOCC2C[C@@H](Oc3nc4cc(F)ccc4c4ccccc34)CN12.[HH].[HH].[HH]. The molecule has 2 amide bonds. The van der Waals surface area contributed by atoms with Gasteiger partial charge in [-0.25, -0.2) is 22.6 Å². The van der Waals surface area contributed by atoms with Crippen LogP contribution in [0.25, 0.3) is 21.7 Å². The molecule has 296 valence electrons. The highest BCUT2D eigenvalue weighted by molar-refractivity contribution is 7.89. The molecule has 1 aromatic heterocycles. The minimum atomic E-state index is -3.77. The van der Waals surface area contributed by atoms with Crippen LogP contribution in [0.3, 0.4) is 0 Å². The highest BCUT2D eigenvalue weighted by Gasteiger charge is 2.59. The Labute approximate surface area is 320 Å². The van der Waals surface area contributed by atoms with E-state index >= 15 is 0 Å². The number of carbonyl (C=O) groups is 2. The van der Waals surface area contributed by atoms with Gasteiger partial charge in [-0.3, -0.25) is 14.8 Å². The lowest BCUT2D eigenvalue weighted by Gasteiger charge is -2.33. The maximum absolute atomic E-state index is 14.3. The molecule has 1 aliphatic carbocycles. The van der Waals surface area contributed by atoms with Crippen LogP contribution < -0.4 is 20.1 Å². The number of carbonyl (C=O) groups excluding carboxylic acids is 2. The standard InChI is InChI=1S/C40H50FN5O7S.3H2/c1-6-35-33(44-38(48)53-39(2,3)4)17-11-9-7-8-10-14-26-22-40(26,37(47)45-54(5,49)50)42-25-51-24-28-21-29(23-46(28)35)52-36-32-16-13-12-15-30(32)31-19-18-27(41)20-34(31)43-36;;;/h10,12-16,18-20,26,28-29,33,42H,1,7-9,11,17,21-25H2,2-5H3,(H,44,48)(H,45,47);3*1H/b14-10-;;;/t26-,28?,29-,33+,40?;;;/m1.../s1. The van der Waals surface area contributed by atoms with Gasteiger partial charge < -0.3 is 24.4 Å². The van der Waals surface area contributed by atoms with Crippen molar-refractivity contribution in [2.75, 3.05) is 26.1 Å². The maximum Gasteiger partial charge on any atom is 0.408 e. The normalized spacial score (nSPS) is 26.2. The second-order valence-corrected chi connectivity index (χ2v) is 17.2. The molecule has 3 aliphatic rings. The Morgan fingerprint density at radius 1 is 1.15 bits per heavy atom. The van der Waals surface area contributed by atoms with Gasteiger partial charge in [0.1, 0.15) is 23.1 Å². The lowest BCUT2D eigenvalue weighted by molar-refractivity contribution is -0.123. The number of hydrogen-bond donors (Lipinski definition) is 3. The van der Waals surface area contributed by atoms with Gasteiger partial charge in [-0.2, -0.15) is 0 Å². The minimum absolute atomic E-state index is 0. The molecule has 0 radical (unpaired) electrons. The quantitative estimate of drug-likeness (QED) is 0.148. The zero-order valence-corrected chi connectivity index (χ0v) is 32.1.